The van der Waals surface area contributed by atoms with Gasteiger partial charge < -0.3 is 9.84 Å². The maximum Gasteiger partial charge on any atom is 0.321 e. The molecule has 1 atom stereocenters. The Balaban J connectivity index is 2.92. The molecule has 0 bridgehead atoms. The van der Waals surface area contributed by atoms with E-state index < -0.39 is 35.1 Å². The van der Waals surface area contributed by atoms with Gasteiger partial charge in [-0.1, -0.05) is 0 Å². The Labute approximate surface area is 110 Å². The van der Waals surface area contributed by atoms with Crippen LogP contribution in [0.5, 0.6) is 5.75 Å². The fraction of sp³-hybridized carbons (Fsp3) is 0.364. The van der Waals surface area contributed by atoms with Crippen molar-refractivity contribution in [1.82, 2.24) is 4.72 Å². The molecule has 19 heavy (non-hydrogen) atoms. The number of carboxylic acid groups (broad SMARTS) is 1. The molecule has 0 unspecified atom stereocenters. The van der Waals surface area contributed by atoms with E-state index in [0.717, 1.165) is 0 Å². The van der Waals surface area contributed by atoms with Crippen LogP contribution in [0.3, 0.4) is 0 Å². The number of hydrogen-bond acceptors (Lipinski definition) is 4. The molecule has 2 N–H and O–H groups in total. The third kappa shape index (κ3) is 4.18. The number of alkyl halides is 1. The van der Waals surface area contributed by atoms with E-state index in [1.54, 1.807) is 0 Å². The molecule has 0 heterocycles. The van der Waals surface area contributed by atoms with Crippen molar-refractivity contribution in [2.75, 3.05) is 13.8 Å². The zero-order valence-corrected chi connectivity index (χ0v) is 11.0. The van der Waals surface area contributed by atoms with Crippen molar-refractivity contribution in [1.29, 1.82) is 0 Å². The van der Waals surface area contributed by atoms with Crippen molar-refractivity contribution in [3.05, 3.63) is 24.3 Å². The van der Waals surface area contributed by atoms with Gasteiger partial charge in [-0.2, -0.15) is 4.72 Å². The molecule has 0 aliphatic heterocycles. The lowest BCUT2D eigenvalue weighted by Crippen LogP contribution is -2.41. The minimum atomic E-state index is -4.00. The van der Waals surface area contributed by atoms with Crippen molar-refractivity contribution in [2.24, 2.45) is 0 Å². The van der Waals surface area contributed by atoms with Crippen molar-refractivity contribution < 1.29 is 27.4 Å². The Bertz CT molecular complexity index is 529. The largest absolute Gasteiger partial charge is 0.497 e. The van der Waals surface area contributed by atoms with Gasteiger partial charge in [-0.25, -0.2) is 8.42 Å². The van der Waals surface area contributed by atoms with E-state index in [2.05, 4.69) is 0 Å². The van der Waals surface area contributed by atoms with Gasteiger partial charge in [0.1, 0.15) is 11.8 Å². The highest BCUT2D eigenvalue weighted by Crippen LogP contribution is 2.16. The van der Waals surface area contributed by atoms with Crippen LogP contribution in [0.4, 0.5) is 4.39 Å². The van der Waals surface area contributed by atoms with E-state index in [1.807, 2.05) is 4.72 Å². The second-order valence-electron chi connectivity index (χ2n) is 3.67. The summed E-state index contributed by atoms with van der Waals surface area (Å²) >= 11 is 0. The number of aliphatic carboxylic acids is 1. The van der Waals surface area contributed by atoms with E-state index in [9.17, 15) is 17.6 Å². The van der Waals surface area contributed by atoms with Crippen LogP contribution >= 0.6 is 0 Å². The quantitative estimate of drug-likeness (QED) is 0.774. The first-order chi connectivity index (χ1) is 8.90. The van der Waals surface area contributed by atoms with Gasteiger partial charge in [0.2, 0.25) is 10.0 Å². The number of hydrogen-bond donors (Lipinski definition) is 2. The van der Waals surface area contributed by atoms with E-state index in [-0.39, 0.29) is 4.90 Å². The number of carbonyl (C=O) groups is 1. The van der Waals surface area contributed by atoms with E-state index in [1.165, 1.54) is 31.4 Å². The molecule has 0 aliphatic carbocycles. The standard InChI is InChI=1S/C11H14FNO5S/c1-18-8-2-4-9(5-3-8)19(16,17)13-10(6-7-12)11(14)15/h2-5,10,13H,6-7H2,1H3,(H,14,15)/t10-/m1/s1. The van der Waals surface area contributed by atoms with Gasteiger partial charge in [-0.15, -0.1) is 0 Å². The molecular formula is C11H14FNO5S. The van der Waals surface area contributed by atoms with Gasteiger partial charge in [0.25, 0.3) is 0 Å². The number of halogens is 1. The average molecular weight is 291 g/mol. The van der Waals surface area contributed by atoms with Crippen LogP contribution in [-0.4, -0.2) is 39.3 Å². The van der Waals surface area contributed by atoms with Crippen LogP contribution in [-0.2, 0) is 14.8 Å². The molecule has 0 spiro atoms. The van der Waals surface area contributed by atoms with Crippen molar-refractivity contribution in [3.63, 3.8) is 0 Å². The number of rotatable bonds is 7. The molecule has 0 amide bonds. The van der Waals surface area contributed by atoms with Crippen LogP contribution < -0.4 is 9.46 Å². The minimum Gasteiger partial charge on any atom is -0.497 e. The maximum atomic E-state index is 12.2. The second-order valence-corrected chi connectivity index (χ2v) is 5.38. The normalized spacial score (nSPS) is 12.9. The first-order valence-corrected chi connectivity index (χ1v) is 6.84. The number of ether oxygens (including phenoxy) is 1. The molecule has 1 aromatic carbocycles. The monoisotopic (exact) mass is 291 g/mol. The fourth-order valence-electron chi connectivity index (χ4n) is 1.35. The molecular weight excluding hydrogens is 277 g/mol. The highest BCUT2D eigenvalue weighted by Gasteiger charge is 2.25. The second kappa shape index (κ2) is 6.48. The molecule has 1 rings (SSSR count). The summed E-state index contributed by atoms with van der Waals surface area (Å²) in [6.45, 7) is -0.928. The molecule has 0 radical (unpaired) electrons. The Morgan fingerprint density at radius 1 is 1.42 bits per heavy atom. The molecule has 8 heteroatoms. The zero-order chi connectivity index (χ0) is 14.5. The summed E-state index contributed by atoms with van der Waals surface area (Å²) in [5.74, 6) is -0.952. The summed E-state index contributed by atoms with van der Waals surface area (Å²) in [5, 5.41) is 8.78. The minimum absolute atomic E-state index is 0.113. The number of carboxylic acids is 1. The SMILES string of the molecule is COc1ccc(S(=O)(=O)N[C@H](CCF)C(=O)O)cc1. The van der Waals surface area contributed by atoms with Gasteiger partial charge in [0.15, 0.2) is 0 Å². The summed E-state index contributed by atoms with van der Waals surface area (Å²) in [4.78, 5) is 10.7. The van der Waals surface area contributed by atoms with Crippen LogP contribution in [0.25, 0.3) is 0 Å². The third-order valence-electron chi connectivity index (χ3n) is 2.36. The molecule has 106 valence electrons. The lowest BCUT2D eigenvalue weighted by molar-refractivity contribution is -0.139. The fourth-order valence-corrected chi connectivity index (χ4v) is 2.58. The number of sulfonamides is 1. The summed E-state index contributed by atoms with van der Waals surface area (Å²) in [6, 6.07) is 3.92. The molecule has 0 saturated heterocycles. The van der Waals surface area contributed by atoms with Crippen LogP contribution in [0.15, 0.2) is 29.2 Å². The van der Waals surface area contributed by atoms with Gasteiger partial charge in [-0.05, 0) is 24.3 Å². The Kier molecular flexibility index (Phi) is 5.25. The first-order valence-electron chi connectivity index (χ1n) is 5.36. The first kappa shape index (κ1) is 15.4. The van der Waals surface area contributed by atoms with E-state index in [4.69, 9.17) is 9.84 Å². The van der Waals surface area contributed by atoms with Gasteiger partial charge in [0, 0.05) is 6.42 Å². The molecule has 0 aromatic heterocycles. The highest BCUT2D eigenvalue weighted by molar-refractivity contribution is 7.89. The molecule has 1 aromatic rings. The number of nitrogens with one attached hydrogen (secondary N) is 1. The summed E-state index contributed by atoms with van der Waals surface area (Å²) in [7, 11) is -2.57. The summed E-state index contributed by atoms with van der Waals surface area (Å²) in [6.07, 6.45) is -0.426. The summed E-state index contributed by atoms with van der Waals surface area (Å²) < 4.78 is 42.8. The average Bonchev–Trinajstić information content (AvgIpc) is 2.38. The lowest BCUT2D eigenvalue weighted by atomic mass is 10.2. The van der Waals surface area contributed by atoms with Gasteiger partial charge in [-0.3, -0.25) is 9.18 Å². The number of methoxy groups -OCH3 is 1. The Hall–Kier alpha value is -1.67. The van der Waals surface area contributed by atoms with E-state index in [0.29, 0.717) is 5.75 Å². The molecule has 0 aliphatic rings. The molecule has 0 saturated carbocycles. The van der Waals surface area contributed by atoms with E-state index >= 15 is 0 Å². The number of benzene rings is 1. The topological polar surface area (TPSA) is 92.7 Å². The third-order valence-corrected chi connectivity index (χ3v) is 3.85. The van der Waals surface area contributed by atoms with Crippen LogP contribution in [0, 0.1) is 0 Å². The smallest absolute Gasteiger partial charge is 0.321 e. The van der Waals surface area contributed by atoms with Crippen molar-refractivity contribution in [2.45, 2.75) is 17.4 Å². The maximum absolute atomic E-state index is 12.2. The summed E-state index contributed by atoms with van der Waals surface area (Å²) in [5.41, 5.74) is 0. The predicted octanol–water partition coefficient (Wildman–Crippen LogP) is 0.786. The zero-order valence-electron chi connectivity index (χ0n) is 10.2. The van der Waals surface area contributed by atoms with Crippen molar-refractivity contribution in [3.8, 4) is 5.75 Å². The predicted molar refractivity (Wildman–Crippen MR) is 65.3 cm³/mol. The Morgan fingerprint density at radius 2 is 2.00 bits per heavy atom. The Morgan fingerprint density at radius 3 is 2.42 bits per heavy atom. The van der Waals surface area contributed by atoms with Gasteiger partial charge >= 0.3 is 5.97 Å². The van der Waals surface area contributed by atoms with Crippen LogP contribution in [0.1, 0.15) is 6.42 Å². The highest BCUT2D eigenvalue weighted by atomic mass is 32.2. The lowest BCUT2D eigenvalue weighted by Gasteiger charge is -2.13. The van der Waals surface area contributed by atoms with Crippen LogP contribution in [0.2, 0.25) is 0 Å². The molecule has 0 fully saturated rings. The molecule has 6 nitrogen and oxygen atoms in total. The van der Waals surface area contributed by atoms with Gasteiger partial charge in [0.05, 0.1) is 18.7 Å². The van der Waals surface area contributed by atoms with Crippen molar-refractivity contribution >= 4 is 16.0 Å².